The van der Waals surface area contributed by atoms with Crippen molar-refractivity contribution in [2.24, 2.45) is 4.99 Å². The second kappa shape index (κ2) is 9.20. The molecule has 1 heterocycles. The molecule has 3 aromatic carbocycles. The first-order valence-electron chi connectivity index (χ1n) is 10.0. The van der Waals surface area contributed by atoms with Gasteiger partial charge >= 0.3 is 5.97 Å². The van der Waals surface area contributed by atoms with Gasteiger partial charge in [0.2, 0.25) is 0 Å². The summed E-state index contributed by atoms with van der Waals surface area (Å²) in [5.41, 5.74) is 3.39. The molecule has 4 aromatic rings. The van der Waals surface area contributed by atoms with E-state index in [2.05, 4.69) is 4.99 Å². The van der Waals surface area contributed by atoms with Crippen LogP contribution in [0.4, 0.5) is 0 Å². The van der Waals surface area contributed by atoms with Crippen molar-refractivity contribution in [1.29, 1.82) is 0 Å². The van der Waals surface area contributed by atoms with Crippen molar-refractivity contribution in [3.8, 4) is 11.5 Å². The molecule has 0 fully saturated rings. The lowest BCUT2D eigenvalue weighted by Crippen LogP contribution is -2.22. The highest BCUT2D eigenvalue weighted by molar-refractivity contribution is 7.16. The van der Waals surface area contributed by atoms with Crippen LogP contribution in [-0.4, -0.2) is 23.6 Å². The smallest absolute Gasteiger partial charge is 0.325 e. The number of aryl methyl sites for hydroxylation is 2. The minimum Gasteiger partial charge on any atom is -0.468 e. The Morgan fingerprint density at radius 1 is 0.969 bits per heavy atom. The highest BCUT2D eigenvalue weighted by Crippen LogP contribution is 2.26. The first kappa shape index (κ1) is 21.5. The van der Waals surface area contributed by atoms with Gasteiger partial charge in [0.05, 0.1) is 22.9 Å². The molecular formula is C25H22N2O4S. The zero-order chi connectivity index (χ0) is 22.7. The zero-order valence-corrected chi connectivity index (χ0v) is 18.8. The highest BCUT2D eigenvalue weighted by atomic mass is 32.1. The molecule has 32 heavy (non-hydrogen) atoms. The third-order valence-corrected chi connectivity index (χ3v) is 6.14. The van der Waals surface area contributed by atoms with E-state index in [0.717, 1.165) is 21.3 Å². The lowest BCUT2D eigenvalue weighted by molar-refractivity contribution is -0.141. The number of hydrogen-bond acceptors (Lipinski definition) is 5. The molecule has 0 aliphatic carbocycles. The van der Waals surface area contributed by atoms with E-state index in [1.807, 2.05) is 56.3 Å². The monoisotopic (exact) mass is 446 g/mol. The van der Waals surface area contributed by atoms with Crippen molar-refractivity contribution in [2.75, 3.05) is 7.11 Å². The van der Waals surface area contributed by atoms with Gasteiger partial charge in [-0.05, 0) is 61.4 Å². The summed E-state index contributed by atoms with van der Waals surface area (Å²) in [5, 5.41) is 0. The fourth-order valence-corrected chi connectivity index (χ4v) is 4.36. The fourth-order valence-electron chi connectivity index (χ4n) is 3.25. The largest absolute Gasteiger partial charge is 0.468 e. The lowest BCUT2D eigenvalue weighted by Gasteiger charge is -2.09. The second-order valence-corrected chi connectivity index (χ2v) is 8.29. The molecule has 162 valence electrons. The number of benzene rings is 3. The van der Waals surface area contributed by atoms with Gasteiger partial charge < -0.3 is 14.0 Å². The Bertz CT molecular complexity index is 1370. The third-order valence-electron chi connectivity index (χ3n) is 5.10. The van der Waals surface area contributed by atoms with Gasteiger partial charge in [-0.3, -0.25) is 9.59 Å². The van der Waals surface area contributed by atoms with Gasteiger partial charge in [-0.1, -0.05) is 41.7 Å². The molecule has 0 saturated heterocycles. The molecule has 0 spiro atoms. The fraction of sp³-hybridized carbons (Fsp3) is 0.160. The van der Waals surface area contributed by atoms with Crippen LogP contribution >= 0.6 is 11.3 Å². The van der Waals surface area contributed by atoms with E-state index < -0.39 is 11.9 Å². The number of amides is 1. The van der Waals surface area contributed by atoms with E-state index in [9.17, 15) is 9.59 Å². The van der Waals surface area contributed by atoms with Gasteiger partial charge in [-0.15, -0.1) is 0 Å². The number of ether oxygens (including phenoxy) is 2. The summed E-state index contributed by atoms with van der Waals surface area (Å²) in [5.74, 6) is 0.181. The number of rotatable bonds is 5. The highest BCUT2D eigenvalue weighted by Gasteiger charge is 2.16. The van der Waals surface area contributed by atoms with Gasteiger partial charge in [-0.25, -0.2) is 0 Å². The van der Waals surface area contributed by atoms with Crippen molar-refractivity contribution in [1.82, 2.24) is 4.57 Å². The van der Waals surface area contributed by atoms with Crippen LogP contribution < -0.4 is 9.54 Å². The maximum atomic E-state index is 13.2. The zero-order valence-electron chi connectivity index (χ0n) is 18.0. The molecule has 0 unspecified atom stereocenters. The number of para-hydroxylation sites is 2. The van der Waals surface area contributed by atoms with E-state index in [4.69, 9.17) is 9.47 Å². The molecule has 0 atom stereocenters. The number of fused-ring (bicyclic) bond motifs is 1. The molecule has 0 radical (unpaired) electrons. The first-order valence-corrected chi connectivity index (χ1v) is 10.9. The molecule has 1 amide bonds. The number of carbonyl (C=O) groups excluding carboxylic acids is 2. The predicted molar refractivity (Wildman–Crippen MR) is 124 cm³/mol. The normalized spacial score (nSPS) is 11.5. The number of nitrogens with zero attached hydrogens (tertiary/aromatic N) is 2. The molecule has 0 bridgehead atoms. The minimum atomic E-state index is -0.449. The molecular weight excluding hydrogens is 424 g/mol. The second-order valence-electron chi connectivity index (χ2n) is 7.28. The average Bonchev–Trinajstić information content (AvgIpc) is 3.10. The van der Waals surface area contributed by atoms with Gasteiger partial charge in [0.15, 0.2) is 4.80 Å². The van der Waals surface area contributed by atoms with Gasteiger partial charge in [-0.2, -0.15) is 4.99 Å². The topological polar surface area (TPSA) is 69.9 Å². The predicted octanol–water partition coefficient (Wildman–Crippen LogP) is 5.03. The number of aromatic nitrogens is 1. The van der Waals surface area contributed by atoms with Gasteiger partial charge in [0.25, 0.3) is 5.91 Å². The molecule has 4 rings (SSSR count). The number of esters is 1. The Labute approximate surface area is 189 Å². The Morgan fingerprint density at radius 3 is 2.41 bits per heavy atom. The van der Waals surface area contributed by atoms with Crippen molar-refractivity contribution in [3.05, 3.63) is 88.2 Å². The quantitative estimate of drug-likeness (QED) is 0.403. The molecule has 6 nitrogen and oxygen atoms in total. The number of thiazole rings is 1. The van der Waals surface area contributed by atoms with E-state index >= 15 is 0 Å². The minimum absolute atomic E-state index is 0.0344. The van der Waals surface area contributed by atoms with E-state index in [1.165, 1.54) is 18.4 Å². The summed E-state index contributed by atoms with van der Waals surface area (Å²) >= 11 is 1.36. The molecule has 0 saturated carbocycles. The van der Waals surface area contributed by atoms with Crippen LogP contribution in [0.25, 0.3) is 10.2 Å². The summed E-state index contributed by atoms with van der Waals surface area (Å²) in [4.78, 5) is 30.0. The molecule has 0 aliphatic rings. The average molecular weight is 447 g/mol. The van der Waals surface area contributed by atoms with Crippen molar-refractivity contribution in [3.63, 3.8) is 0 Å². The Hall–Kier alpha value is -3.71. The standard InChI is InChI=1S/C25H22N2O4S/c1-16-13-20-22(14-17(16)2)32-25(27(20)15-23(28)30-3)26-24(29)19-11-7-8-12-21(19)31-18-9-5-4-6-10-18/h4-14H,15H2,1-3H3. The molecule has 0 N–H and O–H groups in total. The van der Waals surface area contributed by atoms with Crippen molar-refractivity contribution >= 4 is 33.4 Å². The summed E-state index contributed by atoms with van der Waals surface area (Å²) in [6, 6.07) is 20.3. The summed E-state index contributed by atoms with van der Waals surface area (Å²) in [7, 11) is 1.34. The summed E-state index contributed by atoms with van der Waals surface area (Å²) in [6.45, 7) is 4.00. The van der Waals surface area contributed by atoms with Gasteiger partial charge in [0, 0.05) is 0 Å². The Morgan fingerprint density at radius 2 is 1.66 bits per heavy atom. The summed E-state index contributed by atoms with van der Waals surface area (Å²) in [6.07, 6.45) is 0. The van der Waals surface area contributed by atoms with E-state index in [-0.39, 0.29) is 6.54 Å². The number of carbonyl (C=O) groups is 2. The third kappa shape index (κ3) is 4.48. The number of hydrogen-bond donors (Lipinski definition) is 0. The van der Waals surface area contributed by atoms with Crippen molar-refractivity contribution < 1.29 is 19.1 Å². The molecule has 0 aliphatic heterocycles. The Balaban J connectivity index is 1.80. The first-order chi connectivity index (χ1) is 15.5. The SMILES string of the molecule is COC(=O)Cn1c(=NC(=O)c2ccccc2Oc2ccccc2)sc2cc(C)c(C)cc21. The maximum Gasteiger partial charge on any atom is 0.325 e. The van der Waals surface area contributed by atoms with Crippen LogP contribution in [0.2, 0.25) is 0 Å². The maximum absolute atomic E-state index is 13.2. The van der Waals surface area contributed by atoms with E-state index in [1.54, 1.807) is 28.8 Å². The van der Waals surface area contributed by atoms with Crippen LogP contribution in [-0.2, 0) is 16.1 Å². The summed E-state index contributed by atoms with van der Waals surface area (Å²) < 4.78 is 13.4. The van der Waals surface area contributed by atoms with Crippen LogP contribution in [0.5, 0.6) is 11.5 Å². The molecule has 1 aromatic heterocycles. The lowest BCUT2D eigenvalue weighted by atomic mass is 10.1. The van der Waals surface area contributed by atoms with Crippen LogP contribution in [0, 0.1) is 13.8 Å². The van der Waals surface area contributed by atoms with Crippen LogP contribution in [0.1, 0.15) is 21.5 Å². The van der Waals surface area contributed by atoms with E-state index in [0.29, 0.717) is 21.9 Å². The van der Waals surface area contributed by atoms with Crippen LogP contribution in [0.15, 0.2) is 71.7 Å². The van der Waals surface area contributed by atoms with Gasteiger partial charge in [0.1, 0.15) is 18.0 Å². The number of methoxy groups -OCH3 is 1. The molecule has 7 heteroatoms. The van der Waals surface area contributed by atoms with Crippen LogP contribution in [0.3, 0.4) is 0 Å². The Kier molecular flexibility index (Phi) is 6.18. The van der Waals surface area contributed by atoms with Crippen molar-refractivity contribution in [2.45, 2.75) is 20.4 Å².